The summed E-state index contributed by atoms with van der Waals surface area (Å²) in [6.45, 7) is 6.91. The van der Waals surface area contributed by atoms with Crippen molar-refractivity contribution in [2.45, 2.75) is 96.1 Å². The predicted molar refractivity (Wildman–Crippen MR) is 225 cm³/mol. The van der Waals surface area contributed by atoms with Gasteiger partial charge in [-0.25, -0.2) is 8.78 Å². The molecule has 3 saturated heterocycles. The number of benzene rings is 3. The SMILES string of the molecule is COc1cc(N2CCC3(CCN(C(=O)CN4Cc5cc6c(cc5C4)C(=O)N(C4CCC(=O)NC4=O)C6)CC3)CC2)ccc1[C@@H]1c2ccc3[nH]ccc3c2C[C@@H](C)N1CC(F)F. The molecule has 7 heterocycles. The summed E-state index contributed by atoms with van der Waals surface area (Å²) in [5, 5.41) is 3.50. The molecule has 4 aromatic rings. The maximum Gasteiger partial charge on any atom is 0.255 e. The fourth-order valence-corrected chi connectivity index (χ4v) is 11.4. The number of hydrogen-bond acceptors (Lipinski definition) is 8. The smallest absolute Gasteiger partial charge is 0.255 e. The minimum atomic E-state index is -2.46. The third-order valence-corrected chi connectivity index (χ3v) is 14.8. The number of aromatic nitrogens is 1. The van der Waals surface area contributed by atoms with Crippen LogP contribution >= 0.6 is 0 Å². The lowest BCUT2D eigenvalue weighted by atomic mass is 9.71. The second-order valence-electron chi connectivity index (χ2n) is 18.2. The third-order valence-electron chi connectivity index (χ3n) is 14.8. The minimum absolute atomic E-state index is 0.0778. The molecular weight excluding hydrogens is 781 g/mol. The zero-order chi connectivity index (χ0) is 42.2. The highest BCUT2D eigenvalue weighted by atomic mass is 19.3. The van der Waals surface area contributed by atoms with E-state index in [0.717, 1.165) is 96.3 Å². The first-order valence-electron chi connectivity index (χ1n) is 21.8. The number of rotatable bonds is 8. The van der Waals surface area contributed by atoms with E-state index in [1.165, 1.54) is 5.56 Å². The molecule has 1 unspecified atom stereocenters. The molecule has 0 bridgehead atoms. The number of carbonyl (C=O) groups excluding carboxylic acids is 4. The molecule has 3 aromatic carbocycles. The molecule has 6 aliphatic heterocycles. The molecule has 12 nitrogen and oxygen atoms in total. The third kappa shape index (κ3) is 7.14. The topological polar surface area (TPSA) is 122 Å². The van der Waals surface area contributed by atoms with Crippen LogP contribution in [0.25, 0.3) is 10.9 Å². The molecule has 1 aromatic heterocycles. The van der Waals surface area contributed by atoms with Crippen molar-refractivity contribution in [1.29, 1.82) is 0 Å². The Labute approximate surface area is 354 Å². The van der Waals surface area contributed by atoms with Gasteiger partial charge in [0.15, 0.2) is 0 Å². The normalized spacial score (nSPS) is 24.1. The summed E-state index contributed by atoms with van der Waals surface area (Å²) in [5.41, 5.74) is 9.12. The molecular formula is C47H53F2N7O5. The first-order chi connectivity index (χ1) is 29.5. The number of aromatic amines is 1. The lowest BCUT2D eigenvalue weighted by molar-refractivity contribution is -0.137. The van der Waals surface area contributed by atoms with E-state index in [-0.39, 0.29) is 48.2 Å². The highest BCUT2D eigenvalue weighted by Crippen LogP contribution is 2.46. The summed E-state index contributed by atoms with van der Waals surface area (Å²) in [5.74, 6) is -0.0423. The largest absolute Gasteiger partial charge is 0.496 e. The Kier molecular flexibility index (Phi) is 10.1. The van der Waals surface area contributed by atoms with Gasteiger partial charge in [-0.3, -0.25) is 34.3 Å². The molecule has 0 aliphatic carbocycles. The fraction of sp³-hybridized carbons (Fsp3) is 0.489. The molecule has 61 heavy (non-hydrogen) atoms. The second-order valence-corrected chi connectivity index (χ2v) is 18.2. The van der Waals surface area contributed by atoms with E-state index in [1.807, 2.05) is 35.1 Å². The van der Waals surface area contributed by atoms with Crippen LogP contribution in [0.1, 0.15) is 95.2 Å². The molecule has 2 N–H and O–H groups in total. The number of hydrogen-bond donors (Lipinski definition) is 2. The minimum Gasteiger partial charge on any atom is -0.496 e. The maximum atomic E-state index is 14.1. The Morgan fingerprint density at radius 1 is 0.902 bits per heavy atom. The number of methoxy groups -OCH3 is 1. The number of halogens is 2. The van der Waals surface area contributed by atoms with E-state index in [4.69, 9.17) is 4.74 Å². The van der Waals surface area contributed by atoms with Gasteiger partial charge in [0.05, 0.1) is 26.2 Å². The Bertz CT molecular complexity index is 2420. The van der Waals surface area contributed by atoms with Crippen LogP contribution < -0.4 is 15.0 Å². The van der Waals surface area contributed by atoms with Gasteiger partial charge >= 0.3 is 0 Å². The van der Waals surface area contributed by atoms with Gasteiger partial charge in [0.25, 0.3) is 12.3 Å². The molecule has 0 radical (unpaired) electrons. The number of imide groups is 1. The first kappa shape index (κ1) is 39.8. The number of piperidine rings is 3. The van der Waals surface area contributed by atoms with Crippen LogP contribution in [0, 0.1) is 5.41 Å². The van der Waals surface area contributed by atoms with Crippen molar-refractivity contribution in [1.82, 2.24) is 29.9 Å². The van der Waals surface area contributed by atoms with Crippen LogP contribution in [-0.4, -0.2) is 113 Å². The van der Waals surface area contributed by atoms with Crippen molar-refractivity contribution in [3.63, 3.8) is 0 Å². The molecule has 320 valence electrons. The van der Waals surface area contributed by atoms with Gasteiger partial charge in [0.2, 0.25) is 17.7 Å². The monoisotopic (exact) mass is 833 g/mol. The van der Waals surface area contributed by atoms with Gasteiger partial charge in [-0.05, 0) is 103 Å². The van der Waals surface area contributed by atoms with Gasteiger partial charge in [-0.2, -0.15) is 0 Å². The van der Waals surface area contributed by atoms with Crippen molar-refractivity contribution >= 4 is 40.2 Å². The quantitative estimate of drug-likeness (QED) is 0.215. The fourth-order valence-electron chi connectivity index (χ4n) is 11.4. The van der Waals surface area contributed by atoms with Crippen molar-refractivity contribution in [3.8, 4) is 5.75 Å². The van der Waals surface area contributed by atoms with Crippen molar-refractivity contribution in [2.24, 2.45) is 5.41 Å². The highest BCUT2D eigenvalue weighted by Gasteiger charge is 2.42. The summed E-state index contributed by atoms with van der Waals surface area (Å²) in [6, 6.07) is 15.4. The van der Waals surface area contributed by atoms with Crippen LogP contribution in [0.4, 0.5) is 14.5 Å². The number of amides is 4. The number of carbonyl (C=O) groups is 4. The zero-order valence-electron chi connectivity index (χ0n) is 34.9. The van der Waals surface area contributed by atoms with Crippen LogP contribution in [0.5, 0.6) is 5.75 Å². The van der Waals surface area contributed by atoms with Gasteiger partial charge < -0.3 is 24.4 Å². The Morgan fingerprint density at radius 3 is 2.38 bits per heavy atom. The van der Waals surface area contributed by atoms with Crippen molar-refractivity contribution in [3.05, 3.63) is 93.7 Å². The summed E-state index contributed by atoms with van der Waals surface area (Å²) in [7, 11) is 1.67. The van der Waals surface area contributed by atoms with Crippen LogP contribution in [0.3, 0.4) is 0 Å². The Hall–Kier alpha value is -5.34. The van der Waals surface area contributed by atoms with E-state index in [9.17, 15) is 28.0 Å². The summed E-state index contributed by atoms with van der Waals surface area (Å²) >= 11 is 0. The molecule has 14 heteroatoms. The standard InChI is InChI=1S/C47H53F2N7O5/c1-28-19-37-33-9-14-50-38(33)6-5-34(37)44(55(28)26-41(48)49)35-4-3-32(22-40(35)61-2)53-15-10-47(11-16-53)12-17-54(18-13-47)43(58)27-52-23-29-20-31-25-56(39-7-8-42(57)51-45(39)59)46(60)36(31)21-30(29)24-52/h3-6,9,14,20-22,28,39,41,44,50H,7-8,10-13,15-19,23-27H2,1-2H3,(H,51,57,59)/t28-,39?,44+/m1/s1. The van der Waals surface area contributed by atoms with E-state index in [2.05, 4.69) is 56.5 Å². The van der Waals surface area contributed by atoms with Gasteiger partial charge in [0, 0.05) is 98.3 Å². The van der Waals surface area contributed by atoms with Crippen molar-refractivity contribution < 1.29 is 32.7 Å². The number of alkyl halides is 2. The summed E-state index contributed by atoms with van der Waals surface area (Å²) in [6.07, 6.45) is 4.76. The summed E-state index contributed by atoms with van der Waals surface area (Å²) in [4.78, 5) is 64.5. The second kappa shape index (κ2) is 15.5. The molecule has 0 saturated carbocycles. The predicted octanol–water partition coefficient (Wildman–Crippen LogP) is 5.76. The zero-order valence-corrected chi connectivity index (χ0v) is 34.9. The Morgan fingerprint density at radius 2 is 1.64 bits per heavy atom. The molecule has 3 fully saturated rings. The van der Waals surface area contributed by atoms with E-state index >= 15 is 0 Å². The number of ether oxygens (including phenoxy) is 1. The average Bonchev–Trinajstić information content (AvgIpc) is 3.97. The van der Waals surface area contributed by atoms with Crippen LogP contribution in [-0.2, 0) is 40.4 Å². The number of fused-ring (bicyclic) bond motifs is 5. The first-order valence-corrected chi connectivity index (χ1v) is 21.8. The number of H-pyrrole nitrogens is 1. The molecule has 3 atom stereocenters. The number of nitrogens with one attached hydrogen (secondary N) is 2. The summed E-state index contributed by atoms with van der Waals surface area (Å²) < 4.78 is 34.2. The van der Waals surface area contributed by atoms with Gasteiger partial charge in [-0.1, -0.05) is 18.2 Å². The highest BCUT2D eigenvalue weighted by molar-refractivity contribution is 6.05. The Balaban J connectivity index is 0.750. The van der Waals surface area contributed by atoms with E-state index in [1.54, 1.807) is 12.0 Å². The molecule has 6 aliphatic rings. The number of nitrogens with zero attached hydrogens (tertiary/aromatic N) is 5. The number of likely N-dealkylation sites (tertiary alicyclic amines) is 1. The van der Waals surface area contributed by atoms with Crippen molar-refractivity contribution in [2.75, 3.05) is 51.3 Å². The van der Waals surface area contributed by atoms with E-state index in [0.29, 0.717) is 50.3 Å². The lowest BCUT2D eigenvalue weighted by Gasteiger charge is -2.47. The maximum absolute atomic E-state index is 14.1. The average molecular weight is 834 g/mol. The molecule has 4 amide bonds. The lowest BCUT2D eigenvalue weighted by Crippen LogP contribution is -2.52. The van der Waals surface area contributed by atoms with E-state index < -0.39 is 18.4 Å². The van der Waals surface area contributed by atoms with Gasteiger partial charge in [-0.15, -0.1) is 0 Å². The number of anilines is 1. The van der Waals surface area contributed by atoms with Crippen LogP contribution in [0.15, 0.2) is 54.7 Å². The van der Waals surface area contributed by atoms with Gasteiger partial charge in [0.1, 0.15) is 11.8 Å². The molecule has 10 rings (SSSR count). The molecule has 1 spiro atoms. The van der Waals surface area contributed by atoms with Crippen LogP contribution in [0.2, 0.25) is 0 Å².